The van der Waals surface area contributed by atoms with Gasteiger partial charge in [0.15, 0.2) is 0 Å². The van der Waals surface area contributed by atoms with Crippen LogP contribution in [-0.2, 0) is 17.4 Å². The molecule has 3 nitrogen and oxygen atoms in total. The molecule has 0 heterocycles. The lowest BCUT2D eigenvalue weighted by Crippen LogP contribution is -2.17. The molecule has 0 aromatic heterocycles. The number of anilines is 1. The summed E-state index contributed by atoms with van der Waals surface area (Å²) in [4.78, 5) is 12.5. The van der Waals surface area contributed by atoms with Gasteiger partial charge < -0.3 is 10.4 Å². The highest BCUT2D eigenvalue weighted by Crippen LogP contribution is 2.38. The summed E-state index contributed by atoms with van der Waals surface area (Å²) in [5, 5.41) is 12.3. The Kier molecular flexibility index (Phi) is 6.65. The van der Waals surface area contributed by atoms with E-state index in [1.807, 2.05) is 25.1 Å². The zero-order chi connectivity index (χ0) is 22.8. The molecule has 0 aliphatic heterocycles. The van der Waals surface area contributed by atoms with Crippen LogP contribution in [0.3, 0.4) is 0 Å². The highest BCUT2D eigenvalue weighted by Gasteiger charge is 2.34. The second-order valence-corrected chi connectivity index (χ2v) is 7.73. The van der Waals surface area contributed by atoms with Crippen LogP contribution in [0.15, 0.2) is 49.1 Å². The summed E-state index contributed by atoms with van der Waals surface area (Å²) in [6.45, 7) is 6.18. The van der Waals surface area contributed by atoms with Crippen molar-refractivity contribution in [1.29, 1.82) is 0 Å². The predicted octanol–water partition coefficient (Wildman–Crippen LogP) is 5.70. The van der Waals surface area contributed by atoms with Crippen LogP contribution in [0, 0.1) is 17.7 Å². The Balaban J connectivity index is 1.80. The number of aliphatic hydroxyl groups excluding tert-OH is 1. The summed E-state index contributed by atoms with van der Waals surface area (Å²) in [5.41, 5.74) is 1.80. The molecule has 1 aliphatic rings. The van der Waals surface area contributed by atoms with Gasteiger partial charge >= 0.3 is 6.18 Å². The number of aliphatic hydroxyl groups is 1. The van der Waals surface area contributed by atoms with Crippen molar-refractivity contribution < 1.29 is 27.5 Å². The van der Waals surface area contributed by atoms with E-state index in [1.54, 1.807) is 12.1 Å². The third kappa shape index (κ3) is 5.05. The van der Waals surface area contributed by atoms with Gasteiger partial charge in [-0.25, -0.2) is 4.39 Å². The number of allylic oxidation sites excluding steroid dienone is 2. The van der Waals surface area contributed by atoms with Crippen LogP contribution in [-0.4, -0.2) is 17.6 Å². The molecule has 0 saturated heterocycles. The number of nitrogens with one attached hydrogen (secondary N) is 1. The number of hydrogen-bond acceptors (Lipinski definition) is 2. The lowest BCUT2D eigenvalue weighted by molar-refractivity contribution is -0.140. The van der Waals surface area contributed by atoms with Crippen molar-refractivity contribution in [3.63, 3.8) is 0 Å². The van der Waals surface area contributed by atoms with Crippen molar-refractivity contribution in [2.24, 2.45) is 11.8 Å². The molecule has 2 aromatic carbocycles. The standard InChI is InChI=1S/C24H23F4NO2/c1-14(13-30)17-5-3-7-19-18(15(17)2)6-4-8-22(19)29-23(31)12-16-9-10-20(21(25)11-16)24(26,27)28/h3-4,6-11,14,17,30H,2,5,12-13H2,1H3,(H,29,31). The Morgan fingerprint density at radius 3 is 2.68 bits per heavy atom. The van der Waals surface area contributed by atoms with Gasteiger partial charge in [0.2, 0.25) is 5.91 Å². The Morgan fingerprint density at radius 1 is 1.29 bits per heavy atom. The summed E-state index contributed by atoms with van der Waals surface area (Å²) in [7, 11) is 0. The molecule has 0 spiro atoms. The zero-order valence-corrected chi connectivity index (χ0v) is 17.0. The molecule has 2 aromatic rings. The quantitative estimate of drug-likeness (QED) is 0.595. The number of carbonyl (C=O) groups excluding carboxylic acids is 1. The van der Waals surface area contributed by atoms with Gasteiger partial charge in [-0.2, -0.15) is 13.2 Å². The second kappa shape index (κ2) is 9.06. The van der Waals surface area contributed by atoms with Crippen molar-refractivity contribution in [2.75, 3.05) is 11.9 Å². The average Bonchev–Trinajstić information content (AvgIpc) is 2.86. The van der Waals surface area contributed by atoms with E-state index in [-0.39, 0.29) is 30.4 Å². The average molecular weight is 433 g/mol. The van der Waals surface area contributed by atoms with E-state index in [4.69, 9.17) is 0 Å². The van der Waals surface area contributed by atoms with Crippen LogP contribution < -0.4 is 5.32 Å². The summed E-state index contributed by atoms with van der Waals surface area (Å²) >= 11 is 0. The molecule has 2 N–H and O–H groups in total. The minimum Gasteiger partial charge on any atom is -0.396 e. The smallest absolute Gasteiger partial charge is 0.396 e. The minimum absolute atomic E-state index is 0.0240. The normalized spacial score (nSPS) is 17.1. The van der Waals surface area contributed by atoms with E-state index in [2.05, 4.69) is 11.9 Å². The molecule has 1 amide bonds. The molecule has 164 valence electrons. The van der Waals surface area contributed by atoms with Crippen molar-refractivity contribution in [2.45, 2.75) is 25.9 Å². The van der Waals surface area contributed by atoms with Crippen LogP contribution in [0.1, 0.15) is 35.6 Å². The van der Waals surface area contributed by atoms with E-state index in [9.17, 15) is 27.5 Å². The summed E-state index contributed by atoms with van der Waals surface area (Å²) in [6.07, 6.45) is -0.500. The number of alkyl halides is 3. The lowest BCUT2D eigenvalue weighted by Gasteiger charge is -2.23. The molecule has 0 saturated carbocycles. The molecule has 0 bridgehead atoms. The second-order valence-electron chi connectivity index (χ2n) is 7.73. The third-order valence-corrected chi connectivity index (χ3v) is 5.53. The molecular weight excluding hydrogens is 410 g/mol. The van der Waals surface area contributed by atoms with Gasteiger partial charge in [-0.3, -0.25) is 4.79 Å². The molecule has 31 heavy (non-hydrogen) atoms. The van der Waals surface area contributed by atoms with E-state index < -0.39 is 23.5 Å². The number of amides is 1. The van der Waals surface area contributed by atoms with Crippen molar-refractivity contribution in [1.82, 2.24) is 0 Å². The highest BCUT2D eigenvalue weighted by atomic mass is 19.4. The summed E-state index contributed by atoms with van der Waals surface area (Å²) in [5.74, 6) is -1.80. The fourth-order valence-electron chi connectivity index (χ4n) is 3.79. The summed E-state index contributed by atoms with van der Waals surface area (Å²) in [6, 6.07) is 7.86. The van der Waals surface area contributed by atoms with Crippen LogP contribution in [0.4, 0.5) is 23.2 Å². The lowest BCUT2D eigenvalue weighted by atomic mass is 9.82. The molecule has 3 rings (SSSR count). The van der Waals surface area contributed by atoms with Gasteiger partial charge in [-0.1, -0.05) is 43.9 Å². The van der Waals surface area contributed by atoms with Gasteiger partial charge in [0.1, 0.15) is 5.82 Å². The Labute approximate surface area is 178 Å². The van der Waals surface area contributed by atoms with E-state index >= 15 is 0 Å². The first-order valence-electron chi connectivity index (χ1n) is 9.87. The Hall–Kier alpha value is -2.93. The molecule has 7 heteroatoms. The van der Waals surface area contributed by atoms with Gasteiger partial charge in [-0.05, 0) is 53.2 Å². The molecule has 0 fully saturated rings. The molecular formula is C24H23F4NO2. The number of fused-ring (bicyclic) bond motifs is 1. The Morgan fingerprint density at radius 2 is 2.03 bits per heavy atom. The van der Waals surface area contributed by atoms with Crippen LogP contribution in [0.2, 0.25) is 0 Å². The maximum atomic E-state index is 13.8. The van der Waals surface area contributed by atoms with Crippen LogP contribution in [0.5, 0.6) is 0 Å². The molecule has 0 radical (unpaired) electrons. The van der Waals surface area contributed by atoms with E-state index in [1.165, 1.54) is 0 Å². The van der Waals surface area contributed by atoms with Gasteiger partial charge in [-0.15, -0.1) is 0 Å². The monoisotopic (exact) mass is 433 g/mol. The van der Waals surface area contributed by atoms with E-state index in [0.717, 1.165) is 28.8 Å². The number of halogens is 4. The third-order valence-electron chi connectivity index (χ3n) is 5.53. The first kappa shape index (κ1) is 22.7. The molecule has 2 unspecified atom stereocenters. The summed E-state index contributed by atoms with van der Waals surface area (Å²) < 4.78 is 51.9. The predicted molar refractivity (Wildman–Crippen MR) is 113 cm³/mol. The van der Waals surface area contributed by atoms with Gasteiger partial charge in [0.25, 0.3) is 0 Å². The molecule has 2 atom stereocenters. The van der Waals surface area contributed by atoms with E-state index in [0.29, 0.717) is 18.2 Å². The number of rotatable bonds is 5. The number of hydrogen-bond donors (Lipinski definition) is 2. The topological polar surface area (TPSA) is 49.3 Å². The number of benzene rings is 2. The van der Waals surface area contributed by atoms with Gasteiger partial charge in [0.05, 0.1) is 12.0 Å². The van der Waals surface area contributed by atoms with Gasteiger partial charge in [0, 0.05) is 17.9 Å². The highest BCUT2D eigenvalue weighted by molar-refractivity contribution is 5.96. The maximum Gasteiger partial charge on any atom is 0.419 e. The Bertz CT molecular complexity index is 1030. The largest absolute Gasteiger partial charge is 0.419 e. The first-order valence-corrected chi connectivity index (χ1v) is 9.87. The minimum atomic E-state index is -4.79. The fraction of sp³-hybridized carbons (Fsp3) is 0.292. The van der Waals surface area contributed by atoms with Crippen molar-refractivity contribution >= 4 is 23.2 Å². The first-order chi connectivity index (χ1) is 14.6. The zero-order valence-electron chi connectivity index (χ0n) is 17.0. The SMILES string of the molecule is C=C1c2cccc(NC(=O)Cc3ccc(C(F)(F)F)c(F)c3)c2C=CCC1C(C)CO. The van der Waals surface area contributed by atoms with Crippen LogP contribution >= 0.6 is 0 Å². The number of carbonyl (C=O) groups is 1. The maximum absolute atomic E-state index is 13.8. The fourth-order valence-corrected chi connectivity index (χ4v) is 3.79. The van der Waals surface area contributed by atoms with Crippen molar-refractivity contribution in [3.05, 3.63) is 77.1 Å². The molecule has 1 aliphatic carbocycles. The van der Waals surface area contributed by atoms with Crippen LogP contribution in [0.25, 0.3) is 11.6 Å². The van der Waals surface area contributed by atoms with Crippen molar-refractivity contribution in [3.8, 4) is 0 Å².